The molecule has 0 aromatic carbocycles. The molecule has 0 aromatic heterocycles. The first-order valence-electron chi connectivity index (χ1n) is 5.76. The van der Waals surface area contributed by atoms with E-state index < -0.39 is 54.0 Å². The van der Waals surface area contributed by atoms with E-state index in [1.165, 1.54) is 4.74 Å². The Hall–Kier alpha value is -1.63. The molecule has 2 nitrogen and oxygen atoms in total. The third kappa shape index (κ3) is 4.16. The zero-order chi connectivity index (χ0) is 24.3. The number of rotatable bonds is 5. The van der Waals surface area contributed by atoms with Crippen LogP contribution < -0.4 is 0 Å². The number of carbonyl (C=O) groups is 1. The molecule has 0 N–H and O–H groups in total. The van der Waals surface area contributed by atoms with Crippen LogP contribution in [0.2, 0.25) is 0 Å². The molecule has 0 heterocycles. The molecule has 0 aliphatic heterocycles. The maximum absolute atomic E-state index is 13.5. The number of hydrogen-bond donors (Lipinski definition) is 0. The van der Waals surface area contributed by atoms with Gasteiger partial charge in [-0.3, -0.25) is 9.53 Å². The molecule has 0 aliphatic rings. The first-order valence-corrected chi connectivity index (χ1v) is 5.76. The molecule has 1 unspecified atom stereocenters. The molecule has 174 valence electrons. The average Bonchev–Trinajstić information content (AvgIpc) is 2.39. The van der Waals surface area contributed by atoms with Crippen molar-refractivity contribution in [3.8, 4) is 0 Å². The van der Waals surface area contributed by atoms with Crippen LogP contribution in [0.5, 0.6) is 0 Å². The summed E-state index contributed by atoms with van der Waals surface area (Å²) in [5.74, 6) is -21.6. The maximum Gasteiger partial charge on any atom is 0.462 e. The van der Waals surface area contributed by atoms with Crippen molar-refractivity contribution in [2.75, 3.05) is 0 Å². The average molecular weight is 482 g/mol. The van der Waals surface area contributed by atoms with Crippen LogP contribution in [-0.2, 0) is 9.53 Å². The summed E-state index contributed by atoms with van der Waals surface area (Å²) in [6.45, 7) is 0. The monoisotopic (exact) mass is 482 g/mol. The quantitative estimate of drug-likeness (QED) is 0.490. The van der Waals surface area contributed by atoms with Gasteiger partial charge in [-0.25, -0.2) is 4.39 Å². The molecule has 0 aliphatic carbocycles. The molecule has 0 fully saturated rings. The molecule has 0 bridgehead atoms. The molecular formula is C9F18O2. The Balaban J connectivity index is 6.83. The number of ether oxygens (including phenoxy) is 1. The van der Waals surface area contributed by atoms with Crippen LogP contribution in [-0.4, -0.2) is 54.0 Å². The Kier molecular flexibility index (Phi) is 6.31. The fraction of sp³-hybridized carbons (Fsp3) is 0.889. The van der Waals surface area contributed by atoms with Gasteiger partial charge in [-0.15, -0.1) is 0 Å². The summed E-state index contributed by atoms with van der Waals surface area (Å²) in [6, 6.07) is 0. The predicted molar refractivity (Wildman–Crippen MR) is 47.9 cm³/mol. The Morgan fingerprint density at radius 1 is 0.483 bits per heavy atom. The summed E-state index contributed by atoms with van der Waals surface area (Å²) in [5.41, 5.74) is -8.02. The summed E-state index contributed by atoms with van der Waals surface area (Å²) < 4.78 is 224. The molecule has 0 aromatic rings. The van der Waals surface area contributed by atoms with E-state index >= 15 is 0 Å². The van der Waals surface area contributed by atoms with Crippen molar-refractivity contribution >= 4 is 5.78 Å². The predicted octanol–water partition coefficient (Wildman–Crippen LogP) is 5.42. The smallest absolute Gasteiger partial charge is 0.288 e. The summed E-state index contributed by atoms with van der Waals surface area (Å²) in [6.07, 6.45) is -39.3. The van der Waals surface area contributed by atoms with Crippen molar-refractivity contribution in [2.24, 2.45) is 0 Å². The number of Topliss-reactive ketones (excluding diaryl/α,β-unsaturated/α-hetero) is 1. The first-order chi connectivity index (χ1) is 12.1. The van der Waals surface area contributed by atoms with Crippen LogP contribution in [0.25, 0.3) is 0 Å². The normalized spacial score (nSPS) is 17.9. The molecule has 0 amide bonds. The number of hydrogen-bond acceptors (Lipinski definition) is 2. The van der Waals surface area contributed by atoms with Crippen LogP contribution >= 0.6 is 0 Å². The molecule has 0 saturated heterocycles. The van der Waals surface area contributed by atoms with Crippen molar-refractivity contribution in [3.63, 3.8) is 0 Å². The highest BCUT2D eigenvalue weighted by atomic mass is 19.4. The Morgan fingerprint density at radius 2 is 0.793 bits per heavy atom. The lowest BCUT2D eigenvalue weighted by atomic mass is 9.92. The van der Waals surface area contributed by atoms with Crippen molar-refractivity contribution in [1.29, 1.82) is 0 Å². The van der Waals surface area contributed by atoms with E-state index in [0.717, 1.165) is 0 Å². The molecular weight excluding hydrogens is 482 g/mol. The van der Waals surface area contributed by atoms with Gasteiger partial charge in [-0.2, -0.15) is 74.6 Å². The largest absolute Gasteiger partial charge is 0.462 e. The second-order valence-electron chi connectivity index (χ2n) is 4.77. The van der Waals surface area contributed by atoms with E-state index in [1.54, 1.807) is 0 Å². The van der Waals surface area contributed by atoms with E-state index in [-0.39, 0.29) is 0 Å². The lowest BCUT2D eigenvalue weighted by Gasteiger charge is -2.37. The minimum Gasteiger partial charge on any atom is -0.288 e. The van der Waals surface area contributed by atoms with E-state index in [0.29, 0.717) is 0 Å². The van der Waals surface area contributed by atoms with Gasteiger partial charge < -0.3 is 0 Å². The Morgan fingerprint density at radius 3 is 1.00 bits per heavy atom. The number of halogens is 18. The van der Waals surface area contributed by atoms with Gasteiger partial charge in [0.15, 0.2) is 0 Å². The SMILES string of the molecule is O=C(C(F)(OC(F)(F)C(F)(F)C(F)(F)F)C(F)(F)F)C(F)(C(F)(F)F)C(F)(F)F. The minimum absolute atomic E-state index is 1.19. The van der Waals surface area contributed by atoms with E-state index in [2.05, 4.69) is 0 Å². The fourth-order valence-corrected chi connectivity index (χ4v) is 1.28. The van der Waals surface area contributed by atoms with Crippen molar-refractivity contribution < 1.29 is 88.6 Å². The Labute approximate surface area is 144 Å². The Bertz CT molecular complexity index is 605. The number of alkyl halides is 18. The van der Waals surface area contributed by atoms with Crippen LogP contribution in [0, 0.1) is 0 Å². The van der Waals surface area contributed by atoms with E-state index in [9.17, 15) is 83.8 Å². The molecule has 29 heavy (non-hydrogen) atoms. The number of ketones is 1. The van der Waals surface area contributed by atoms with Gasteiger partial charge in [0, 0.05) is 0 Å². The van der Waals surface area contributed by atoms with Crippen molar-refractivity contribution in [3.05, 3.63) is 0 Å². The highest BCUT2D eigenvalue weighted by Gasteiger charge is 2.87. The van der Waals surface area contributed by atoms with Crippen molar-refractivity contribution in [2.45, 2.75) is 48.3 Å². The third-order valence-electron chi connectivity index (χ3n) is 2.74. The second kappa shape index (κ2) is 6.69. The van der Waals surface area contributed by atoms with Crippen LogP contribution in [0.1, 0.15) is 0 Å². The zero-order valence-corrected chi connectivity index (χ0v) is 12.1. The maximum atomic E-state index is 13.5. The van der Waals surface area contributed by atoms with Crippen LogP contribution in [0.3, 0.4) is 0 Å². The molecule has 0 rings (SSSR count). The van der Waals surface area contributed by atoms with Gasteiger partial charge in [0.1, 0.15) is 0 Å². The fourth-order valence-electron chi connectivity index (χ4n) is 1.28. The van der Waals surface area contributed by atoms with E-state index in [4.69, 9.17) is 0 Å². The molecule has 20 heteroatoms. The van der Waals surface area contributed by atoms with Crippen LogP contribution in [0.4, 0.5) is 79.0 Å². The van der Waals surface area contributed by atoms with E-state index in [1.807, 2.05) is 0 Å². The molecule has 1 atom stereocenters. The lowest BCUT2D eigenvalue weighted by Crippen LogP contribution is -2.70. The zero-order valence-electron chi connectivity index (χ0n) is 12.1. The minimum atomic E-state index is -8.02. The molecule has 0 saturated carbocycles. The number of carbonyl (C=O) groups excluding carboxylic acids is 1. The summed E-state index contributed by atoms with van der Waals surface area (Å²) in [4.78, 5) is 10.8. The van der Waals surface area contributed by atoms with Crippen LogP contribution in [0.15, 0.2) is 0 Å². The highest BCUT2D eigenvalue weighted by Crippen LogP contribution is 2.55. The first kappa shape index (κ1) is 27.4. The summed E-state index contributed by atoms with van der Waals surface area (Å²) >= 11 is 0. The van der Waals surface area contributed by atoms with Gasteiger partial charge in [0.25, 0.3) is 5.78 Å². The third-order valence-corrected chi connectivity index (χ3v) is 2.74. The van der Waals surface area contributed by atoms with Gasteiger partial charge in [0.05, 0.1) is 0 Å². The van der Waals surface area contributed by atoms with Gasteiger partial charge in [-0.05, 0) is 0 Å². The second-order valence-corrected chi connectivity index (χ2v) is 4.77. The molecule has 0 radical (unpaired) electrons. The van der Waals surface area contributed by atoms with Gasteiger partial charge >= 0.3 is 48.3 Å². The topological polar surface area (TPSA) is 26.3 Å². The standard InChI is InChI=1S/C9F18O2/c10-2(5(14,15)16,6(17,18)19)1(28)3(11,7(20,21)22)29-9(26,27)4(12,13)8(23,24)25. The van der Waals surface area contributed by atoms with Gasteiger partial charge in [0.2, 0.25) is 0 Å². The van der Waals surface area contributed by atoms with Gasteiger partial charge in [-0.1, -0.05) is 0 Å². The van der Waals surface area contributed by atoms with Crippen molar-refractivity contribution in [1.82, 2.24) is 0 Å². The highest BCUT2D eigenvalue weighted by molar-refractivity contribution is 5.96. The summed E-state index contributed by atoms with van der Waals surface area (Å²) in [7, 11) is 0. The molecule has 0 spiro atoms. The lowest BCUT2D eigenvalue weighted by molar-refractivity contribution is -0.475. The summed E-state index contributed by atoms with van der Waals surface area (Å²) in [5, 5.41) is 0.